The second-order valence-corrected chi connectivity index (χ2v) is 12.4. The van der Waals surface area contributed by atoms with Crippen LogP contribution in [0.4, 0.5) is 0 Å². The molecule has 3 fully saturated rings. The van der Waals surface area contributed by atoms with E-state index in [4.69, 9.17) is 0 Å². The van der Waals surface area contributed by atoms with E-state index in [2.05, 4.69) is 47.8 Å². The largest absolute Gasteiger partial charge is 0.389 e. The average Bonchev–Trinajstić information content (AvgIpc) is 3.08. The third kappa shape index (κ3) is 3.71. The third-order valence-corrected chi connectivity index (χ3v) is 10.9. The van der Waals surface area contributed by atoms with Gasteiger partial charge >= 0.3 is 0 Å². The summed E-state index contributed by atoms with van der Waals surface area (Å²) >= 11 is 0. The minimum Gasteiger partial charge on any atom is -0.389 e. The maximum absolute atomic E-state index is 10.4. The molecule has 1 nitrogen and oxygen atoms in total. The van der Waals surface area contributed by atoms with Crippen molar-refractivity contribution in [2.45, 2.75) is 111 Å². The molecule has 0 radical (unpaired) electrons. The fourth-order valence-corrected chi connectivity index (χ4v) is 8.94. The molecule has 0 heterocycles. The van der Waals surface area contributed by atoms with Crippen molar-refractivity contribution in [3.05, 3.63) is 35.5 Å². The van der Waals surface area contributed by atoms with E-state index in [9.17, 15) is 5.11 Å². The summed E-state index contributed by atoms with van der Waals surface area (Å²) in [6, 6.07) is 0. The van der Waals surface area contributed by atoms with Gasteiger partial charge < -0.3 is 5.11 Å². The van der Waals surface area contributed by atoms with Crippen molar-refractivity contribution in [2.24, 2.45) is 40.4 Å². The maximum atomic E-state index is 10.4. The van der Waals surface area contributed by atoms with Crippen molar-refractivity contribution in [1.29, 1.82) is 0 Å². The summed E-state index contributed by atoms with van der Waals surface area (Å²) in [5.74, 6) is 3.63. The Morgan fingerprint density at radius 2 is 1.81 bits per heavy atom. The number of fused-ring (bicyclic) bond motifs is 4. The molecule has 0 unspecified atom stereocenters. The Bertz CT molecular complexity index is 758. The molecule has 31 heavy (non-hydrogen) atoms. The number of aliphatic hydroxyl groups is 1. The molecule has 4 aliphatic carbocycles. The van der Waals surface area contributed by atoms with Gasteiger partial charge in [0.05, 0.1) is 6.10 Å². The summed E-state index contributed by atoms with van der Waals surface area (Å²) in [6.07, 6.45) is 13.7. The molecule has 174 valence electrons. The van der Waals surface area contributed by atoms with E-state index in [1.54, 1.807) is 0 Å². The molecule has 3 saturated carbocycles. The molecular weight excluding hydrogens is 376 g/mol. The van der Waals surface area contributed by atoms with Crippen molar-refractivity contribution >= 4 is 0 Å². The Morgan fingerprint density at radius 3 is 2.48 bits per heavy atom. The van der Waals surface area contributed by atoms with Gasteiger partial charge in [-0.1, -0.05) is 57.6 Å². The number of allylic oxidation sites excluding steroid dienone is 3. The molecule has 1 heteroatoms. The Labute approximate surface area is 192 Å². The Hall–Kier alpha value is -0.820. The lowest BCUT2D eigenvalue weighted by Crippen LogP contribution is -2.49. The van der Waals surface area contributed by atoms with Gasteiger partial charge in [-0.05, 0) is 124 Å². The predicted octanol–water partition coefficient (Wildman–Crippen LogP) is 8.26. The van der Waals surface area contributed by atoms with E-state index in [0.29, 0.717) is 22.7 Å². The average molecular weight is 425 g/mol. The number of aliphatic hydroxyl groups excluding tert-OH is 1. The monoisotopic (exact) mass is 424 g/mol. The molecule has 0 bridgehead atoms. The first-order valence-corrected chi connectivity index (χ1v) is 13.4. The zero-order valence-electron chi connectivity index (χ0n) is 21.1. The summed E-state index contributed by atoms with van der Waals surface area (Å²) in [7, 11) is 0. The van der Waals surface area contributed by atoms with E-state index in [1.807, 2.05) is 11.1 Å². The van der Waals surface area contributed by atoms with Crippen LogP contribution in [0.2, 0.25) is 0 Å². The smallest absolute Gasteiger partial charge is 0.0750 e. The summed E-state index contributed by atoms with van der Waals surface area (Å²) in [5, 5.41) is 10.4. The van der Waals surface area contributed by atoms with Gasteiger partial charge in [-0.3, -0.25) is 0 Å². The minimum absolute atomic E-state index is 0.260. The molecule has 0 spiro atoms. The first-order valence-electron chi connectivity index (χ1n) is 13.4. The van der Waals surface area contributed by atoms with Gasteiger partial charge in [-0.25, -0.2) is 0 Å². The molecule has 4 aliphatic rings. The number of hydrogen-bond acceptors (Lipinski definition) is 1. The summed E-state index contributed by atoms with van der Waals surface area (Å²) in [6.45, 7) is 20.9. The van der Waals surface area contributed by atoms with Crippen molar-refractivity contribution in [1.82, 2.24) is 0 Å². The summed E-state index contributed by atoms with van der Waals surface area (Å²) in [5.41, 5.74) is 7.03. The van der Waals surface area contributed by atoms with Crippen LogP contribution in [0, 0.1) is 40.4 Å². The molecule has 4 rings (SSSR count). The highest BCUT2D eigenvalue weighted by molar-refractivity contribution is 5.36. The van der Waals surface area contributed by atoms with E-state index >= 15 is 0 Å². The molecular formula is C30H48O. The van der Waals surface area contributed by atoms with E-state index in [-0.39, 0.29) is 6.10 Å². The van der Waals surface area contributed by atoms with Crippen LogP contribution in [0.5, 0.6) is 0 Å². The fraction of sp³-hybridized carbons (Fsp3) is 0.800. The zero-order valence-corrected chi connectivity index (χ0v) is 21.1. The normalized spacial score (nSPS) is 41.9. The van der Waals surface area contributed by atoms with Gasteiger partial charge in [-0.15, -0.1) is 0 Å². The summed E-state index contributed by atoms with van der Waals surface area (Å²) in [4.78, 5) is 0. The van der Waals surface area contributed by atoms with E-state index < -0.39 is 0 Å². The van der Waals surface area contributed by atoms with Crippen LogP contribution >= 0.6 is 0 Å². The Kier molecular flexibility index (Phi) is 6.41. The lowest BCUT2D eigenvalue weighted by atomic mass is 9.48. The van der Waals surface area contributed by atoms with Gasteiger partial charge in [0.15, 0.2) is 0 Å². The van der Waals surface area contributed by atoms with Crippen molar-refractivity contribution in [3.8, 4) is 0 Å². The van der Waals surface area contributed by atoms with Crippen LogP contribution in [0.1, 0.15) is 105 Å². The van der Waals surface area contributed by atoms with Crippen LogP contribution in [0.25, 0.3) is 0 Å². The molecule has 0 aromatic carbocycles. The SMILES string of the molecule is C=C(C)[C@@H](CC)CC[C@@H](C)[C@H]1CCC2=C3CC[C@H]4C(=C)[C@@H](O)CC[C@]4(C)[C@H]3CC[C@@]21C. The molecule has 0 aromatic heterocycles. The van der Waals surface area contributed by atoms with Gasteiger partial charge in [0.1, 0.15) is 0 Å². The van der Waals surface area contributed by atoms with Gasteiger partial charge in [0, 0.05) is 0 Å². The maximum Gasteiger partial charge on any atom is 0.0750 e. The summed E-state index contributed by atoms with van der Waals surface area (Å²) < 4.78 is 0. The Morgan fingerprint density at radius 1 is 1.06 bits per heavy atom. The van der Waals surface area contributed by atoms with Gasteiger partial charge in [0.25, 0.3) is 0 Å². The Balaban J connectivity index is 1.55. The standard InChI is InChI=1S/C30H48O/c1-8-22(19(2)3)10-9-20(4)24-13-14-26-23-11-12-25-21(5)28(31)16-18-30(25,7)27(23)15-17-29(24,26)6/h20,22,24-25,27-28,31H,2,5,8-18H2,1,3-4,6-7H3/t20-,22+,24-,25+,27+,28+,29-,30+/m1/s1. The zero-order chi connectivity index (χ0) is 22.6. The predicted molar refractivity (Wildman–Crippen MR) is 133 cm³/mol. The van der Waals surface area contributed by atoms with Crippen LogP contribution in [0.15, 0.2) is 35.5 Å². The molecule has 0 saturated heterocycles. The molecule has 0 aliphatic heterocycles. The van der Waals surface area contributed by atoms with Crippen LogP contribution in [0.3, 0.4) is 0 Å². The third-order valence-electron chi connectivity index (χ3n) is 10.9. The van der Waals surface area contributed by atoms with E-state index in [1.165, 1.54) is 69.8 Å². The van der Waals surface area contributed by atoms with Crippen LogP contribution < -0.4 is 0 Å². The molecule has 1 N–H and O–H groups in total. The molecule has 8 atom stereocenters. The van der Waals surface area contributed by atoms with Crippen LogP contribution in [-0.4, -0.2) is 11.2 Å². The second kappa shape index (κ2) is 8.51. The fourth-order valence-electron chi connectivity index (χ4n) is 8.94. The number of rotatable bonds is 6. The molecule has 0 amide bonds. The van der Waals surface area contributed by atoms with Gasteiger partial charge in [-0.2, -0.15) is 0 Å². The first kappa shape index (κ1) is 23.3. The number of hydrogen-bond donors (Lipinski definition) is 1. The molecule has 0 aromatic rings. The highest BCUT2D eigenvalue weighted by Gasteiger charge is 2.56. The lowest BCUT2D eigenvalue weighted by molar-refractivity contribution is 0.00286. The van der Waals surface area contributed by atoms with Crippen molar-refractivity contribution < 1.29 is 5.11 Å². The quantitative estimate of drug-likeness (QED) is 0.425. The van der Waals surface area contributed by atoms with Crippen LogP contribution in [-0.2, 0) is 0 Å². The highest BCUT2D eigenvalue weighted by Crippen LogP contribution is 2.66. The lowest BCUT2D eigenvalue weighted by Gasteiger charge is -2.57. The first-order chi connectivity index (χ1) is 14.6. The minimum atomic E-state index is -0.260. The van der Waals surface area contributed by atoms with Crippen molar-refractivity contribution in [3.63, 3.8) is 0 Å². The van der Waals surface area contributed by atoms with Gasteiger partial charge in [0.2, 0.25) is 0 Å². The highest BCUT2D eigenvalue weighted by atomic mass is 16.3. The van der Waals surface area contributed by atoms with Crippen molar-refractivity contribution in [2.75, 3.05) is 0 Å². The van der Waals surface area contributed by atoms with E-state index in [0.717, 1.165) is 29.7 Å². The second-order valence-electron chi connectivity index (χ2n) is 12.4. The topological polar surface area (TPSA) is 20.2 Å².